The van der Waals surface area contributed by atoms with E-state index >= 15 is 0 Å². The van der Waals surface area contributed by atoms with Gasteiger partial charge in [0.2, 0.25) is 0 Å². The molecule has 0 atom stereocenters. The van der Waals surface area contributed by atoms with Gasteiger partial charge in [0, 0.05) is 47.8 Å². The van der Waals surface area contributed by atoms with E-state index in [1.54, 1.807) is 0 Å². The van der Waals surface area contributed by atoms with Crippen LogP contribution in [0.15, 0.2) is 72.8 Å². The summed E-state index contributed by atoms with van der Waals surface area (Å²) in [6, 6.07) is 24.1. The molecule has 1 aromatic heterocycles. The zero-order valence-corrected chi connectivity index (χ0v) is 19.6. The first-order valence-corrected chi connectivity index (χ1v) is 11.6. The molecule has 1 aliphatic rings. The van der Waals surface area contributed by atoms with E-state index in [9.17, 15) is 4.79 Å². The molecule has 0 bridgehead atoms. The first-order chi connectivity index (χ1) is 16.0. The summed E-state index contributed by atoms with van der Waals surface area (Å²) in [5.74, 6) is 0.0643. The van der Waals surface area contributed by atoms with Gasteiger partial charge in [-0.15, -0.1) is 0 Å². The smallest absolute Gasteiger partial charge is 0.254 e. The molecule has 0 saturated carbocycles. The van der Waals surface area contributed by atoms with Crippen molar-refractivity contribution in [2.75, 3.05) is 31.1 Å². The van der Waals surface area contributed by atoms with E-state index < -0.39 is 0 Å². The summed E-state index contributed by atoms with van der Waals surface area (Å²) < 4.78 is 0. The number of amides is 1. The van der Waals surface area contributed by atoms with Gasteiger partial charge in [0.15, 0.2) is 0 Å². The Kier molecular flexibility index (Phi) is 5.77. The molecule has 1 saturated heterocycles. The number of aryl methyl sites for hydroxylation is 2. The topological polar surface area (TPSA) is 36.4 Å². The Bertz CT molecular complexity index is 1330. The van der Waals surface area contributed by atoms with Gasteiger partial charge >= 0.3 is 0 Å². The summed E-state index contributed by atoms with van der Waals surface area (Å²) in [6.45, 7) is 7.15. The Labute approximate surface area is 199 Å². The van der Waals surface area contributed by atoms with Crippen LogP contribution in [0.2, 0.25) is 5.02 Å². The quantitative estimate of drug-likeness (QED) is 0.372. The number of piperazine rings is 1. The molecule has 5 heteroatoms. The Balaban J connectivity index is 1.44. The van der Waals surface area contributed by atoms with Crippen LogP contribution in [0.5, 0.6) is 0 Å². The van der Waals surface area contributed by atoms with Crippen molar-refractivity contribution in [3.63, 3.8) is 0 Å². The van der Waals surface area contributed by atoms with Gasteiger partial charge in [0.05, 0.1) is 16.8 Å². The van der Waals surface area contributed by atoms with Crippen molar-refractivity contribution in [1.82, 2.24) is 9.88 Å². The number of fused-ring (bicyclic) bond motifs is 1. The number of aromatic nitrogens is 1. The molecule has 4 nitrogen and oxygen atoms in total. The first-order valence-electron chi connectivity index (χ1n) is 11.3. The van der Waals surface area contributed by atoms with Crippen LogP contribution in [0.25, 0.3) is 22.2 Å². The van der Waals surface area contributed by atoms with Crippen molar-refractivity contribution in [2.45, 2.75) is 13.8 Å². The molecule has 2 heterocycles. The summed E-state index contributed by atoms with van der Waals surface area (Å²) in [5, 5.41) is 1.63. The number of hydrogen-bond acceptors (Lipinski definition) is 3. The first kappa shape index (κ1) is 21.5. The molecule has 166 valence electrons. The number of rotatable bonds is 3. The van der Waals surface area contributed by atoms with Gasteiger partial charge in [0.25, 0.3) is 5.91 Å². The van der Waals surface area contributed by atoms with E-state index in [2.05, 4.69) is 36.9 Å². The fraction of sp³-hybridized carbons (Fsp3) is 0.214. The van der Waals surface area contributed by atoms with Crippen molar-refractivity contribution in [3.8, 4) is 11.3 Å². The molecular formula is C28H26ClN3O. The normalized spacial score (nSPS) is 14.0. The minimum absolute atomic E-state index is 0.0643. The maximum atomic E-state index is 13.7. The van der Waals surface area contributed by atoms with Gasteiger partial charge < -0.3 is 9.80 Å². The van der Waals surface area contributed by atoms with Gasteiger partial charge in [-0.25, -0.2) is 4.98 Å². The lowest BCUT2D eigenvalue weighted by Gasteiger charge is -2.36. The van der Waals surface area contributed by atoms with E-state index in [0.29, 0.717) is 18.7 Å². The highest BCUT2D eigenvalue weighted by molar-refractivity contribution is 6.30. The van der Waals surface area contributed by atoms with Crippen molar-refractivity contribution >= 4 is 34.1 Å². The molecule has 33 heavy (non-hydrogen) atoms. The van der Waals surface area contributed by atoms with Crippen LogP contribution in [-0.2, 0) is 0 Å². The Hall–Kier alpha value is -3.37. The van der Waals surface area contributed by atoms with E-state index in [1.807, 2.05) is 59.5 Å². The van der Waals surface area contributed by atoms with Crippen LogP contribution in [0.3, 0.4) is 0 Å². The monoisotopic (exact) mass is 455 g/mol. The van der Waals surface area contributed by atoms with Crippen LogP contribution >= 0.6 is 11.6 Å². The van der Waals surface area contributed by atoms with Crippen LogP contribution < -0.4 is 4.90 Å². The number of para-hydroxylation sites is 1. The molecule has 0 aliphatic carbocycles. The molecule has 1 fully saturated rings. The highest BCUT2D eigenvalue weighted by atomic mass is 35.5. The van der Waals surface area contributed by atoms with Crippen LogP contribution in [0, 0.1) is 13.8 Å². The van der Waals surface area contributed by atoms with Gasteiger partial charge in [-0.2, -0.15) is 0 Å². The molecule has 3 aromatic carbocycles. The fourth-order valence-corrected chi connectivity index (χ4v) is 4.52. The maximum Gasteiger partial charge on any atom is 0.254 e. The summed E-state index contributed by atoms with van der Waals surface area (Å²) in [6.07, 6.45) is 0. The standard InChI is InChI=1S/C28H26ClN3O/c1-19-7-8-21(17-20(19)2)27-18-25(24-5-3-4-6-26(24)30-27)28(33)32-15-13-31(14-16-32)23-11-9-22(29)10-12-23/h3-12,17-18H,13-16H2,1-2H3. The van der Waals surface area contributed by atoms with Crippen molar-refractivity contribution in [3.05, 3.63) is 94.5 Å². The number of hydrogen-bond donors (Lipinski definition) is 0. The lowest BCUT2D eigenvalue weighted by atomic mass is 10.00. The molecule has 0 spiro atoms. The van der Waals surface area contributed by atoms with E-state index in [4.69, 9.17) is 16.6 Å². The van der Waals surface area contributed by atoms with Crippen LogP contribution in [0.4, 0.5) is 5.69 Å². The minimum Gasteiger partial charge on any atom is -0.368 e. The summed E-state index contributed by atoms with van der Waals surface area (Å²) in [7, 11) is 0. The van der Waals surface area contributed by atoms with Crippen molar-refractivity contribution in [2.24, 2.45) is 0 Å². The van der Waals surface area contributed by atoms with Crippen molar-refractivity contribution in [1.29, 1.82) is 0 Å². The summed E-state index contributed by atoms with van der Waals surface area (Å²) in [5.41, 5.74) is 7.02. The second-order valence-electron chi connectivity index (χ2n) is 8.63. The lowest BCUT2D eigenvalue weighted by molar-refractivity contribution is 0.0748. The number of carbonyl (C=O) groups is 1. The predicted molar refractivity (Wildman–Crippen MR) is 136 cm³/mol. The molecule has 0 unspecified atom stereocenters. The molecule has 1 aliphatic heterocycles. The number of pyridine rings is 1. The third-order valence-electron chi connectivity index (χ3n) is 6.51. The van der Waals surface area contributed by atoms with E-state index in [0.717, 1.165) is 46.0 Å². The van der Waals surface area contributed by atoms with Gasteiger partial charge in [0.1, 0.15) is 0 Å². The van der Waals surface area contributed by atoms with Gasteiger partial charge in [-0.1, -0.05) is 41.9 Å². The van der Waals surface area contributed by atoms with E-state index in [-0.39, 0.29) is 5.91 Å². The molecular weight excluding hydrogens is 430 g/mol. The summed E-state index contributed by atoms with van der Waals surface area (Å²) in [4.78, 5) is 22.8. The predicted octanol–water partition coefficient (Wildman–Crippen LogP) is 6.13. The highest BCUT2D eigenvalue weighted by Crippen LogP contribution is 2.28. The SMILES string of the molecule is Cc1ccc(-c2cc(C(=O)N3CCN(c4ccc(Cl)cc4)CC3)c3ccccc3n2)cc1C. The Morgan fingerprint density at radius 3 is 2.30 bits per heavy atom. The minimum atomic E-state index is 0.0643. The van der Waals surface area contributed by atoms with E-state index in [1.165, 1.54) is 11.1 Å². The maximum absolute atomic E-state index is 13.7. The Morgan fingerprint density at radius 2 is 1.58 bits per heavy atom. The lowest BCUT2D eigenvalue weighted by Crippen LogP contribution is -2.48. The molecule has 5 rings (SSSR count). The second kappa shape index (κ2) is 8.87. The van der Waals surface area contributed by atoms with Crippen molar-refractivity contribution < 1.29 is 4.79 Å². The summed E-state index contributed by atoms with van der Waals surface area (Å²) >= 11 is 6.03. The Morgan fingerprint density at radius 1 is 0.848 bits per heavy atom. The van der Waals surface area contributed by atoms with Gasteiger partial charge in [-0.3, -0.25) is 4.79 Å². The third-order valence-corrected chi connectivity index (χ3v) is 6.76. The molecule has 4 aromatic rings. The molecule has 0 radical (unpaired) electrons. The average molecular weight is 456 g/mol. The van der Waals surface area contributed by atoms with Crippen LogP contribution in [-0.4, -0.2) is 42.0 Å². The largest absolute Gasteiger partial charge is 0.368 e. The molecule has 1 amide bonds. The number of halogens is 1. The number of benzene rings is 3. The van der Waals surface area contributed by atoms with Gasteiger partial charge in [-0.05, 0) is 67.4 Å². The fourth-order valence-electron chi connectivity index (χ4n) is 4.39. The zero-order valence-electron chi connectivity index (χ0n) is 18.9. The average Bonchev–Trinajstić information content (AvgIpc) is 2.85. The van der Waals surface area contributed by atoms with Crippen LogP contribution in [0.1, 0.15) is 21.5 Å². The second-order valence-corrected chi connectivity index (χ2v) is 9.06. The zero-order chi connectivity index (χ0) is 22.9. The number of anilines is 1. The molecule has 0 N–H and O–H groups in total. The highest BCUT2D eigenvalue weighted by Gasteiger charge is 2.24. The number of carbonyl (C=O) groups excluding carboxylic acids is 1. The third kappa shape index (κ3) is 4.31. The number of nitrogens with zero attached hydrogens (tertiary/aromatic N) is 3.